The molecule has 1 aliphatic heterocycles. The third kappa shape index (κ3) is 4.84. The number of hydrogen-bond acceptors (Lipinski definition) is 6. The Morgan fingerprint density at radius 1 is 0.897 bits per heavy atom. The highest BCUT2D eigenvalue weighted by Gasteiger charge is 2.42. The molecule has 3 rings (SSSR count). The van der Waals surface area contributed by atoms with Crippen LogP contribution in [-0.2, 0) is 28.4 Å². The van der Waals surface area contributed by atoms with Crippen LogP contribution in [-0.4, -0.2) is 36.6 Å². The zero-order valence-electron chi connectivity index (χ0n) is 16.3. The lowest BCUT2D eigenvalue weighted by Gasteiger charge is -2.35. The minimum atomic E-state index is -3.23. The van der Waals surface area contributed by atoms with Crippen molar-refractivity contribution in [1.29, 1.82) is 0 Å². The summed E-state index contributed by atoms with van der Waals surface area (Å²) in [5, 5.41) is 1.30. The molecule has 0 aliphatic carbocycles. The second-order valence-corrected chi connectivity index (χ2v) is 9.51. The van der Waals surface area contributed by atoms with Crippen molar-refractivity contribution in [2.75, 3.05) is 6.61 Å². The van der Waals surface area contributed by atoms with Crippen LogP contribution in [0.25, 0.3) is 0 Å². The van der Waals surface area contributed by atoms with Crippen molar-refractivity contribution < 1.29 is 28.4 Å². The topological polar surface area (TPSA) is 78.9 Å². The Labute approximate surface area is 169 Å². The Bertz CT molecular complexity index is 881. The van der Waals surface area contributed by atoms with E-state index in [4.69, 9.17) is 14.2 Å². The Kier molecular flexibility index (Phi) is 6.68. The van der Waals surface area contributed by atoms with E-state index in [2.05, 4.69) is 0 Å². The van der Waals surface area contributed by atoms with E-state index in [9.17, 15) is 14.2 Å². The van der Waals surface area contributed by atoms with E-state index in [0.717, 1.165) is 0 Å². The van der Waals surface area contributed by atoms with E-state index in [1.54, 1.807) is 12.2 Å². The van der Waals surface area contributed by atoms with E-state index in [-0.39, 0.29) is 6.61 Å². The van der Waals surface area contributed by atoms with Crippen molar-refractivity contribution in [1.82, 2.24) is 0 Å². The van der Waals surface area contributed by atoms with Gasteiger partial charge >= 0.3 is 11.9 Å². The molecule has 0 unspecified atom stereocenters. The summed E-state index contributed by atoms with van der Waals surface area (Å²) in [7, 11) is -3.23. The first kappa shape index (κ1) is 21.0. The van der Waals surface area contributed by atoms with Gasteiger partial charge in [0.15, 0.2) is 7.14 Å². The van der Waals surface area contributed by atoms with Gasteiger partial charge in [-0.05, 0) is 12.2 Å². The predicted octanol–water partition coefficient (Wildman–Crippen LogP) is 2.78. The normalized spacial score (nSPS) is 21.4. The van der Waals surface area contributed by atoms with E-state index in [0.29, 0.717) is 10.6 Å². The molecule has 0 bridgehead atoms. The number of carbonyl (C=O) groups excluding carboxylic acids is 2. The Hall–Kier alpha value is -2.69. The number of carbonyl (C=O) groups is 2. The van der Waals surface area contributed by atoms with Crippen LogP contribution in [0.2, 0.25) is 0 Å². The summed E-state index contributed by atoms with van der Waals surface area (Å²) in [6, 6.07) is 18.3. The molecule has 0 radical (unpaired) electrons. The summed E-state index contributed by atoms with van der Waals surface area (Å²) >= 11 is 0. The summed E-state index contributed by atoms with van der Waals surface area (Å²) in [4.78, 5) is 22.7. The minimum absolute atomic E-state index is 0.113. The van der Waals surface area contributed by atoms with Gasteiger partial charge in [0.05, 0.1) is 0 Å². The van der Waals surface area contributed by atoms with Crippen molar-refractivity contribution in [3.8, 4) is 0 Å². The van der Waals surface area contributed by atoms with Gasteiger partial charge in [-0.25, -0.2) is 0 Å². The summed E-state index contributed by atoms with van der Waals surface area (Å²) < 4.78 is 30.9. The van der Waals surface area contributed by atoms with Gasteiger partial charge in [0, 0.05) is 24.5 Å². The van der Waals surface area contributed by atoms with E-state index in [1.807, 2.05) is 60.7 Å². The molecule has 0 spiro atoms. The second-order valence-electron chi connectivity index (χ2n) is 6.66. The summed E-state index contributed by atoms with van der Waals surface area (Å²) in [6.07, 6.45) is 1.82. The van der Waals surface area contributed by atoms with Crippen LogP contribution in [0, 0.1) is 0 Å². The fourth-order valence-corrected chi connectivity index (χ4v) is 6.01. The molecule has 6 nitrogen and oxygen atoms in total. The van der Waals surface area contributed by atoms with Crippen molar-refractivity contribution in [2.24, 2.45) is 0 Å². The zero-order chi connectivity index (χ0) is 20.9. The molecular weight excluding hydrogens is 391 g/mol. The number of rotatable bonds is 6. The molecule has 0 saturated carbocycles. The molecular formula is C22H23O6P. The van der Waals surface area contributed by atoms with Crippen molar-refractivity contribution >= 4 is 29.7 Å². The lowest BCUT2D eigenvalue weighted by Crippen LogP contribution is -2.43. The lowest BCUT2D eigenvalue weighted by molar-refractivity contribution is -0.160. The van der Waals surface area contributed by atoms with Crippen LogP contribution in [0.3, 0.4) is 0 Å². The highest BCUT2D eigenvalue weighted by molar-refractivity contribution is 7.79. The number of benzene rings is 2. The first-order valence-electron chi connectivity index (χ1n) is 9.26. The highest BCUT2D eigenvalue weighted by Crippen LogP contribution is 2.51. The molecule has 1 aliphatic rings. The maximum Gasteiger partial charge on any atom is 0.303 e. The number of esters is 2. The van der Waals surface area contributed by atoms with Gasteiger partial charge in [0.2, 0.25) is 0 Å². The Morgan fingerprint density at radius 2 is 1.45 bits per heavy atom. The minimum Gasteiger partial charge on any atom is -0.463 e. The quantitative estimate of drug-likeness (QED) is 0.411. The van der Waals surface area contributed by atoms with Gasteiger partial charge < -0.3 is 18.8 Å². The maximum absolute atomic E-state index is 14.4. The molecule has 29 heavy (non-hydrogen) atoms. The maximum atomic E-state index is 14.4. The average molecular weight is 414 g/mol. The molecule has 1 heterocycles. The van der Waals surface area contributed by atoms with Crippen molar-refractivity contribution in [3.63, 3.8) is 0 Å². The summed E-state index contributed by atoms with van der Waals surface area (Å²) in [6.45, 7) is 2.47. The van der Waals surface area contributed by atoms with Crippen LogP contribution in [0.1, 0.15) is 13.8 Å². The third-order valence-electron chi connectivity index (χ3n) is 4.54. The van der Waals surface area contributed by atoms with Crippen LogP contribution in [0.15, 0.2) is 72.8 Å². The lowest BCUT2D eigenvalue weighted by atomic mass is 10.1. The predicted molar refractivity (Wildman–Crippen MR) is 110 cm³/mol. The molecule has 0 N–H and O–H groups in total. The molecule has 0 amide bonds. The molecule has 0 fully saturated rings. The molecule has 3 atom stereocenters. The molecule has 7 heteroatoms. The monoisotopic (exact) mass is 414 g/mol. The number of ether oxygens (including phenoxy) is 3. The average Bonchev–Trinajstić information content (AvgIpc) is 2.73. The second kappa shape index (κ2) is 9.21. The largest absolute Gasteiger partial charge is 0.463 e. The fourth-order valence-electron chi connectivity index (χ4n) is 3.22. The van der Waals surface area contributed by atoms with Crippen molar-refractivity contribution in [2.45, 2.75) is 31.9 Å². The first-order valence-corrected chi connectivity index (χ1v) is 11.0. The Morgan fingerprint density at radius 3 is 1.93 bits per heavy atom. The van der Waals surface area contributed by atoms with Gasteiger partial charge in [0.1, 0.15) is 24.7 Å². The first-order chi connectivity index (χ1) is 13.9. The van der Waals surface area contributed by atoms with Crippen LogP contribution in [0.4, 0.5) is 0 Å². The van der Waals surface area contributed by atoms with Gasteiger partial charge in [0.25, 0.3) is 0 Å². The molecule has 0 aromatic heterocycles. The number of hydrogen-bond donors (Lipinski definition) is 0. The third-order valence-corrected chi connectivity index (χ3v) is 7.68. The standard InChI is InChI=1S/C22H23O6P/c1-16(23)26-15-21-20(27-17(2)24)13-14-22(28-21)29(25,18-9-5-3-6-10-18)19-11-7-4-8-12-19/h3-14,20-22H,15H2,1-2H3/t20-,21-,22+/m1/s1. The smallest absolute Gasteiger partial charge is 0.303 e. The fraction of sp³-hybridized carbons (Fsp3) is 0.273. The van der Waals surface area contributed by atoms with Gasteiger partial charge in [-0.3, -0.25) is 9.59 Å². The molecule has 0 saturated heterocycles. The van der Waals surface area contributed by atoms with Crippen molar-refractivity contribution in [3.05, 3.63) is 72.8 Å². The summed E-state index contributed by atoms with van der Waals surface area (Å²) in [5.41, 5.74) is 0. The Balaban J connectivity index is 2.01. The molecule has 152 valence electrons. The van der Waals surface area contributed by atoms with E-state index < -0.39 is 37.1 Å². The van der Waals surface area contributed by atoms with Crippen LogP contribution in [0.5, 0.6) is 0 Å². The summed E-state index contributed by atoms with van der Waals surface area (Å²) in [5.74, 6) is -1.75. The molecule has 2 aromatic carbocycles. The van der Waals surface area contributed by atoms with Gasteiger partial charge in [-0.15, -0.1) is 0 Å². The van der Waals surface area contributed by atoms with Crippen LogP contribution >= 0.6 is 7.14 Å². The van der Waals surface area contributed by atoms with E-state index >= 15 is 0 Å². The molecule has 2 aromatic rings. The highest BCUT2D eigenvalue weighted by atomic mass is 31.2. The van der Waals surface area contributed by atoms with Gasteiger partial charge in [-0.1, -0.05) is 60.7 Å². The zero-order valence-corrected chi connectivity index (χ0v) is 17.2. The SMILES string of the molecule is CC(=O)OC[C@H]1O[C@@H](P(=O)(c2ccccc2)c2ccccc2)C=C[C@H]1OC(C)=O. The van der Waals surface area contributed by atoms with Crippen LogP contribution < -0.4 is 10.6 Å². The van der Waals surface area contributed by atoms with Gasteiger partial charge in [-0.2, -0.15) is 0 Å². The van der Waals surface area contributed by atoms with E-state index in [1.165, 1.54) is 13.8 Å².